The van der Waals surface area contributed by atoms with Crippen molar-refractivity contribution in [1.29, 1.82) is 0 Å². The van der Waals surface area contributed by atoms with E-state index in [1.54, 1.807) is 58.0 Å². The van der Waals surface area contributed by atoms with Crippen LogP contribution >= 0.6 is 0 Å². The summed E-state index contributed by atoms with van der Waals surface area (Å²) in [7, 11) is 1.45. The number of ketones is 1. The fourth-order valence-corrected chi connectivity index (χ4v) is 10.0. The lowest BCUT2D eigenvalue weighted by atomic mass is 9.78. The molecule has 382 valence electrons. The zero-order valence-corrected chi connectivity index (χ0v) is 42.1. The smallest absolute Gasteiger partial charge is 0.312 e. The minimum atomic E-state index is -2.07. The van der Waals surface area contributed by atoms with E-state index in [0.29, 0.717) is 5.75 Å². The predicted molar refractivity (Wildman–Crippen MR) is 270 cm³/mol. The Morgan fingerprint density at radius 2 is 1.67 bits per heavy atom. The molecule has 9 atom stereocenters. The Morgan fingerprint density at radius 1 is 0.944 bits per heavy atom. The van der Waals surface area contributed by atoms with E-state index in [-0.39, 0.29) is 68.1 Å². The van der Waals surface area contributed by atoms with Crippen LogP contribution in [0.5, 0.6) is 17.2 Å². The average Bonchev–Trinajstić information content (AvgIpc) is 3.63. The number of amides is 1. The molecule has 5 N–H and O–H groups in total. The Balaban J connectivity index is 1.27. The molecule has 0 unspecified atom stereocenters. The normalized spacial score (nSPS) is 28.3. The van der Waals surface area contributed by atoms with Gasteiger partial charge >= 0.3 is 11.8 Å². The first kappa shape index (κ1) is 51.7. The van der Waals surface area contributed by atoms with E-state index in [0.717, 1.165) is 43.9 Å². The minimum Gasteiger partial charge on any atom is -0.507 e. The Morgan fingerprint density at radius 3 is 2.39 bits per heavy atom. The molecule has 17 nitrogen and oxygen atoms in total. The number of carbonyl (C=O) groups excluding carboxylic acids is 3. The fourth-order valence-electron chi connectivity index (χ4n) is 10.0. The summed E-state index contributed by atoms with van der Waals surface area (Å²) in [4.78, 5) is 63.9. The van der Waals surface area contributed by atoms with Gasteiger partial charge in [0.1, 0.15) is 46.9 Å². The van der Waals surface area contributed by atoms with Crippen molar-refractivity contribution >= 4 is 45.2 Å². The Kier molecular flexibility index (Phi) is 15.2. The number of rotatable bonds is 7. The number of hydrogen-bond acceptors (Lipinski definition) is 16. The number of nitrogens with one attached hydrogen (secondary N) is 2. The number of phenols is 1. The van der Waals surface area contributed by atoms with Crippen molar-refractivity contribution in [3.63, 3.8) is 0 Å². The number of hydrogen-bond donors (Lipinski definition) is 5. The molecule has 5 aliphatic rings. The number of para-hydroxylation sites is 1. The zero-order chi connectivity index (χ0) is 51.8. The topological polar surface area (TPSA) is 228 Å². The standard InChI is InChI=1S/C55H64N4O13/c1-28-13-10-14-29(2)54(66)58-45-49(64)41-40(44-52(45)71-39-18-12-17-38(43(39)57-44)68-27-36-16-11-15-35(25-36)26-59-22-20-56-21-23-59)42-51(33(6)48(41)63)72-55(8,53(42)65)69-24-19-37(67-9)30(3)50(70-34(7)60)32(5)47(62)31(4)46(28)61/h10-19,24-25,28,30-32,37,46-47,50,56,61-63H,20-23,26-27H2,1-9H3,(H,58,66)/b13-10+,24-19+,29-14-/t28-,30+,31+,32+,37-,46-,47+,50+,55-/m0/s1. The van der Waals surface area contributed by atoms with E-state index >= 15 is 0 Å². The van der Waals surface area contributed by atoms with Crippen LogP contribution in [-0.4, -0.2) is 106 Å². The van der Waals surface area contributed by atoms with Gasteiger partial charge in [-0.3, -0.25) is 24.1 Å². The molecular formula is C55H64N4O13. The molecule has 4 heterocycles. The maximum absolute atomic E-state index is 15.0. The summed E-state index contributed by atoms with van der Waals surface area (Å²) in [5.74, 6) is -7.07. The predicted octanol–water partition coefficient (Wildman–Crippen LogP) is 6.93. The monoisotopic (exact) mass is 988 g/mol. The Bertz CT molecular complexity index is 3010. The van der Waals surface area contributed by atoms with Crippen LogP contribution in [0.3, 0.4) is 0 Å². The van der Waals surface area contributed by atoms with Crippen LogP contribution < -0.4 is 25.5 Å². The largest absolute Gasteiger partial charge is 0.507 e. The lowest BCUT2D eigenvalue weighted by molar-refractivity contribution is -0.160. The number of ether oxygens (including phenoxy) is 5. The van der Waals surface area contributed by atoms with E-state index < -0.39 is 82.7 Å². The first-order valence-electron chi connectivity index (χ1n) is 24.4. The van der Waals surface area contributed by atoms with Crippen molar-refractivity contribution < 1.29 is 57.8 Å². The first-order chi connectivity index (χ1) is 34.3. The van der Waals surface area contributed by atoms with Crippen molar-refractivity contribution in [2.45, 2.75) is 98.7 Å². The van der Waals surface area contributed by atoms with Gasteiger partial charge in [0.05, 0.1) is 35.5 Å². The number of anilines is 1. The minimum absolute atomic E-state index is 0.0502. The van der Waals surface area contributed by atoms with Crippen LogP contribution in [0.2, 0.25) is 0 Å². The maximum atomic E-state index is 15.0. The highest BCUT2D eigenvalue weighted by atomic mass is 16.7. The zero-order valence-electron chi connectivity index (χ0n) is 42.1. The van der Waals surface area contributed by atoms with Crippen molar-refractivity contribution in [3.8, 4) is 28.7 Å². The number of aliphatic hydroxyl groups excluding tert-OH is 2. The van der Waals surface area contributed by atoms with Gasteiger partial charge in [-0.15, -0.1) is 0 Å². The third kappa shape index (κ3) is 10.1. The number of aromatic nitrogens is 1. The van der Waals surface area contributed by atoms with Crippen LogP contribution in [0.1, 0.15) is 75.5 Å². The summed E-state index contributed by atoms with van der Waals surface area (Å²) in [5.41, 5.74) is 1.32. The highest BCUT2D eigenvalue weighted by Gasteiger charge is 2.50. The maximum Gasteiger partial charge on any atom is 0.312 e. The van der Waals surface area contributed by atoms with Gasteiger partial charge in [-0.05, 0) is 43.2 Å². The molecular weight excluding hydrogens is 925 g/mol. The molecule has 4 bridgehead atoms. The number of benzene rings is 4. The van der Waals surface area contributed by atoms with Gasteiger partial charge in [0.25, 0.3) is 11.7 Å². The molecule has 8 rings (SSSR count). The third-order valence-corrected chi connectivity index (χ3v) is 14.3. The number of allylic oxidation sites excluding steroid dienone is 2. The molecule has 72 heavy (non-hydrogen) atoms. The van der Waals surface area contributed by atoms with Gasteiger partial charge < -0.3 is 54.1 Å². The van der Waals surface area contributed by atoms with E-state index in [1.165, 1.54) is 53.2 Å². The SMILES string of the molecule is CO[C@H]1/C=C/O[C@@]2(C)Oc3c(C)c(O)c4c(=O)c(c5oc6cccc(OCc7cccc(CN8CCNCC8)c7)c6nc-5c4c3C2=O)NC(=O)/C(C)=C\C=C\[C@H](C)[C@H](O)[C@@H](C)[C@@H](O)[C@@H](C)[C@H](OC(C)=O)[C@@H]1C. The van der Waals surface area contributed by atoms with Crippen LogP contribution in [0.4, 0.5) is 5.69 Å². The third-order valence-electron chi connectivity index (χ3n) is 14.3. The number of piperazine rings is 1. The summed E-state index contributed by atoms with van der Waals surface area (Å²) in [6.45, 7) is 17.4. The number of aliphatic hydroxyl groups is 2. The number of carbonyl (C=O) groups is 3. The Labute approximate surface area is 417 Å². The fraction of sp³-hybridized carbons (Fsp3) is 0.436. The van der Waals surface area contributed by atoms with E-state index in [9.17, 15) is 34.5 Å². The molecule has 3 aromatic rings. The molecule has 0 aromatic heterocycles. The van der Waals surface area contributed by atoms with E-state index in [1.807, 2.05) is 12.1 Å². The number of methoxy groups -OCH3 is 1. The van der Waals surface area contributed by atoms with Gasteiger partial charge in [0, 0.05) is 93.9 Å². The number of phenolic OH excluding ortho intramolecular Hbond substituents is 1. The van der Waals surface area contributed by atoms with Crippen LogP contribution in [0.15, 0.2) is 87.8 Å². The van der Waals surface area contributed by atoms with Crippen LogP contribution in [0, 0.1) is 30.6 Å². The highest BCUT2D eigenvalue weighted by Crippen LogP contribution is 2.51. The lowest BCUT2D eigenvalue weighted by Crippen LogP contribution is -2.46. The van der Waals surface area contributed by atoms with Gasteiger partial charge in [-0.1, -0.05) is 76.3 Å². The van der Waals surface area contributed by atoms with Crippen LogP contribution in [0.25, 0.3) is 33.3 Å². The molecule has 0 saturated carbocycles. The van der Waals surface area contributed by atoms with Gasteiger partial charge in [-0.2, -0.15) is 0 Å². The number of aromatic hydroxyl groups is 1. The molecule has 17 heteroatoms. The quantitative estimate of drug-likeness (QED) is 0.0632. The summed E-state index contributed by atoms with van der Waals surface area (Å²) < 4.78 is 37.1. The van der Waals surface area contributed by atoms with Crippen molar-refractivity contribution in [2.24, 2.45) is 23.7 Å². The second kappa shape index (κ2) is 21.2. The second-order valence-corrected chi connectivity index (χ2v) is 19.5. The average molecular weight is 989 g/mol. The molecule has 1 amide bonds. The summed E-state index contributed by atoms with van der Waals surface area (Å²) in [6.07, 6.45) is 3.57. The summed E-state index contributed by atoms with van der Waals surface area (Å²) in [5, 5.41) is 40.8. The van der Waals surface area contributed by atoms with Gasteiger partial charge in [0.15, 0.2) is 11.3 Å². The highest BCUT2D eigenvalue weighted by molar-refractivity contribution is 6.22. The number of nitrogens with zero attached hydrogens (tertiary/aromatic N) is 2. The molecule has 4 aliphatic heterocycles. The Hall–Kier alpha value is -6.63. The van der Waals surface area contributed by atoms with Crippen molar-refractivity contribution in [1.82, 2.24) is 15.2 Å². The molecule has 0 radical (unpaired) electrons. The van der Waals surface area contributed by atoms with Gasteiger partial charge in [-0.25, -0.2) is 4.98 Å². The molecule has 1 fully saturated rings. The van der Waals surface area contributed by atoms with Crippen LogP contribution in [-0.2, 0) is 37.0 Å². The molecule has 1 saturated heterocycles. The molecule has 3 aromatic carbocycles. The first-order valence-corrected chi connectivity index (χ1v) is 24.4. The lowest BCUT2D eigenvalue weighted by Gasteiger charge is -2.38. The number of Topliss-reactive ketones (excluding diaryl/α,β-unsaturated/α-hetero) is 1. The van der Waals surface area contributed by atoms with E-state index in [4.69, 9.17) is 33.1 Å². The van der Waals surface area contributed by atoms with Gasteiger partial charge in [0.2, 0.25) is 5.43 Å². The second-order valence-electron chi connectivity index (χ2n) is 19.5. The molecule has 0 spiro atoms. The molecule has 1 aliphatic carbocycles. The van der Waals surface area contributed by atoms with E-state index in [2.05, 4.69) is 27.7 Å². The number of fused-ring (bicyclic) bond motifs is 2. The van der Waals surface area contributed by atoms with Crippen molar-refractivity contribution in [3.05, 3.63) is 111 Å². The summed E-state index contributed by atoms with van der Waals surface area (Å²) >= 11 is 0. The van der Waals surface area contributed by atoms with Crippen molar-refractivity contribution in [2.75, 3.05) is 38.6 Å². The number of esters is 1. The summed E-state index contributed by atoms with van der Waals surface area (Å²) in [6, 6.07) is 13.2.